The molecular formula is C13H12ClFN4O. The highest BCUT2D eigenvalue weighted by Gasteiger charge is 2.22. The Morgan fingerprint density at radius 1 is 1.50 bits per heavy atom. The molecule has 0 aliphatic carbocycles. The van der Waals surface area contributed by atoms with Crippen molar-refractivity contribution in [3.05, 3.63) is 46.5 Å². The van der Waals surface area contributed by atoms with Gasteiger partial charge in [0.1, 0.15) is 11.5 Å². The summed E-state index contributed by atoms with van der Waals surface area (Å²) in [6, 6.07) is 4.51. The first-order valence-corrected chi connectivity index (χ1v) is 6.61. The summed E-state index contributed by atoms with van der Waals surface area (Å²) < 4.78 is 15.3. The van der Waals surface area contributed by atoms with Crippen LogP contribution in [-0.2, 0) is 6.42 Å². The molecule has 1 fully saturated rings. The van der Waals surface area contributed by atoms with Crippen LogP contribution in [-0.4, -0.2) is 33.9 Å². The molecule has 3 rings (SSSR count). The van der Waals surface area contributed by atoms with E-state index in [0.717, 1.165) is 13.1 Å². The molecule has 0 radical (unpaired) electrons. The molecule has 2 heterocycles. The molecule has 0 spiro atoms. The molecule has 1 aliphatic rings. The number of hydrogen-bond donors (Lipinski definition) is 1. The Labute approximate surface area is 119 Å². The fourth-order valence-corrected chi connectivity index (χ4v) is 2.13. The van der Waals surface area contributed by atoms with Crippen molar-refractivity contribution < 1.29 is 9.18 Å². The third-order valence-electron chi connectivity index (χ3n) is 3.30. The van der Waals surface area contributed by atoms with Crippen molar-refractivity contribution >= 4 is 17.4 Å². The number of nitrogens with one attached hydrogen (secondary N) is 1. The first kappa shape index (κ1) is 13.2. The number of halogens is 2. The number of hydrogen-bond acceptors (Lipinski definition) is 4. The highest BCUT2D eigenvalue weighted by molar-refractivity contribution is 6.30. The van der Waals surface area contributed by atoms with Gasteiger partial charge >= 0.3 is 0 Å². The third kappa shape index (κ3) is 2.57. The summed E-state index contributed by atoms with van der Waals surface area (Å²) in [6.45, 7) is 1.64. The van der Waals surface area contributed by atoms with Crippen LogP contribution in [0.4, 0.5) is 4.39 Å². The number of Topliss-reactive ketones (excluding diaryl/α,β-unsaturated/α-hetero) is 1. The summed E-state index contributed by atoms with van der Waals surface area (Å²) >= 11 is 5.67. The van der Waals surface area contributed by atoms with Gasteiger partial charge in [0.25, 0.3) is 0 Å². The fraction of sp³-hybridized carbons (Fsp3) is 0.308. The number of aromatic nitrogens is 3. The van der Waals surface area contributed by atoms with Gasteiger partial charge in [0, 0.05) is 24.5 Å². The van der Waals surface area contributed by atoms with Gasteiger partial charge in [-0.15, -0.1) is 5.10 Å². The molecule has 104 valence electrons. The Morgan fingerprint density at radius 3 is 2.95 bits per heavy atom. The standard InChI is InChI=1S/C13H12ClFN4O/c14-9-2-1-8(11(15)4-9)3-13(20)12-7-19(18-17-12)10-5-16-6-10/h1-2,4,7,10,16H,3,5-6H2. The lowest BCUT2D eigenvalue weighted by molar-refractivity contribution is 0.0987. The van der Waals surface area contributed by atoms with Crippen molar-refractivity contribution in [2.75, 3.05) is 13.1 Å². The lowest BCUT2D eigenvalue weighted by Crippen LogP contribution is -2.43. The molecule has 0 saturated carbocycles. The second-order valence-electron chi connectivity index (χ2n) is 4.73. The van der Waals surface area contributed by atoms with Crippen LogP contribution >= 0.6 is 11.6 Å². The average Bonchev–Trinajstić information content (AvgIpc) is 2.80. The van der Waals surface area contributed by atoms with Gasteiger partial charge in [0.05, 0.1) is 12.2 Å². The van der Waals surface area contributed by atoms with Crippen LogP contribution in [0.2, 0.25) is 5.02 Å². The summed E-state index contributed by atoms with van der Waals surface area (Å²) in [5, 5.41) is 11.2. The monoisotopic (exact) mass is 294 g/mol. The molecule has 20 heavy (non-hydrogen) atoms. The van der Waals surface area contributed by atoms with Gasteiger partial charge in [0.2, 0.25) is 0 Å². The summed E-state index contributed by atoms with van der Waals surface area (Å²) in [6.07, 6.45) is 1.56. The largest absolute Gasteiger partial charge is 0.312 e. The van der Waals surface area contributed by atoms with Crippen molar-refractivity contribution in [1.29, 1.82) is 0 Å². The maximum Gasteiger partial charge on any atom is 0.189 e. The van der Waals surface area contributed by atoms with Crippen LogP contribution in [0.15, 0.2) is 24.4 Å². The maximum atomic E-state index is 13.6. The maximum absolute atomic E-state index is 13.6. The van der Waals surface area contributed by atoms with E-state index in [1.165, 1.54) is 12.1 Å². The molecule has 0 bridgehead atoms. The van der Waals surface area contributed by atoms with E-state index in [0.29, 0.717) is 10.6 Å². The van der Waals surface area contributed by atoms with Gasteiger partial charge in [-0.05, 0) is 17.7 Å². The molecule has 1 aliphatic heterocycles. The van der Waals surface area contributed by atoms with Gasteiger partial charge < -0.3 is 5.32 Å². The van der Waals surface area contributed by atoms with Gasteiger partial charge in [0.15, 0.2) is 5.78 Å². The van der Waals surface area contributed by atoms with Crippen LogP contribution in [0, 0.1) is 5.82 Å². The molecular weight excluding hydrogens is 283 g/mol. The lowest BCUT2D eigenvalue weighted by atomic mass is 10.1. The third-order valence-corrected chi connectivity index (χ3v) is 3.53. The van der Waals surface area contributed by atoms with E-state index in [-0.39, 0.29) is 23.9 Å². The molecule has 0 unspecified atom stereocenters. The number of benzene rings is 1. The normalized spacial score (nSPS) is 15.1. The molecule has 5 nitrogen and oxygen atoms in total. The van der Waals surface area contributed by atoms with E-state index >= 15 is 0 Å². The number of carbonyl (C=O) groups is 1. The predicted molar refractivity (Wildman–Crippen MR) is 71.4 cm³/mol. The minimum atomic E-state index is -0.485. The summed E-state index contributed by atoms with van der Waals surface area (Å²) in [5.74, 6) is -0.744. The molecule has 2 aromatic rings. The van der Waals surface area contributed by atoms with Crippen molar-refractivity contribution in [2.24, 2.45) is 0 Å². The quantitative estimate of drug-likeness (QED) is 0.871. The highest BCUT2D eigenvalue weighted by atomic mass is 35.5. The highest BCUT2D eigenvalue weighted by Crippen LogP contribution is 2.17. The van der Waals surface area contributed by atoms with E-state index in [1.807, 2.05) is 0 Å². The van der Waals surface area contributed by atoms with E-state index < -0.39 is 5.82 Å². The molecule has 1 aromatic heterocycles. The smallest absolute Gasteiger partial charge is 0.189 e. The SMILES string of the molecule is O=C(Cc1ccc(Cl)cc1F)c1cn(C2CNC2)nn1. The number of rotatable bonds is 4. The van der Waals surface area contributed by atoms with E-state index in [4.69, 9.17) is 11.6 Å². The number of nitrogens with zero attached hydrogens (tertiary/aromatic N) is 3. The Hall–Kier alpha value is -1.79. The molecule has 0 atom stereocenters. The minimum Gasteiger partial charge on any atom is -0.312 e. The Balaban J connectivity index is 1.73. The van der Waals surface area contributed by atoms with Crippen LogP contribution in [0.1, 0.15) is 22.1 Å². The van der Waals surface area contributed by atoms with Crippen molar-refractivity contribution in [3.8, 4) is 0 Å². The van der Waals surface area contributed by atoms with Gasteiger partial charge in [-0.2, -0.15) is 0 Å². The zero-order valence-corrected chi connectivity index (χ0v) is 11.3. The Morgan fingerprint density at radius 2 is 2.30 bits per heavy atom. The predicted octanol–water partition coefficient (Wildman–Crippen LogP) is 1.64. The average molecular weight is 295 g/mol. The molecule has 1 N–H and O–H groups in total. The molecule has 0 amide bonds. The van der Waals surface area contributed by atoms with E-state index in [1.54, 1.807) is 16.9 Å². The lowest BCUT2D eigenvalue weighted by Gasteiger charge is -2.26. The van der Waals surface area contributed by atoms with Gasteiger partial charge in [-0.1, -0.05) is 22.9 Å². The summed E-state index contributed by atoms with van der Waals surface area (Å²) in [7, 11) is 0. The van der Waals surface area contributed by atoms with Crippen LogP contribution in [0.25, 0.3) is 0 Å². The first-order chi connectivity index (χ1) is 9.63. The van der Waals surface area contributed by atoms with Gasteiger partial charge in [-0.25, -0.2) is 9.07 Å². The van der Waals surface area contributed by atoms with E-state index in [9.17, 15) is 9.18 Å². The number of ketones is 1. The second-order valence-corrected chi connectivity index (χ2v) is 5.17. The molecule has 7 heteroatoms. The second kappa shape index (κ2) is 5.30. The van der Waals surface area contributed by atoms with Crippen LogP contribution < -0.4 is 5.32 Å². The Bertz CT molecular complexity index is 654. The Kier molecular flexibility index (Phi) is 3.50. The van der Waals surface area contributed by atoms with Crippen molar-refractivity contribution in [3.63, 3.8) is 0 Å². The topological polar surface area (TPSA) is 59.8 Å². The summed E-state index contributed by atoms with van der Waals surface area (Å²) in [4.78, 5) is 12.1. The van der Waals surface area contributed by atoms with Crippen molar-refractivity contribution in [2.45, 2.75) is 12.5 Å². The van der Waals surface area contributed by atoms with Crippen LogP contribution in [0.5, 0.6) is 0 Å². The number of carbonyl (C=O) groups excluding carboxylic acids is 1. The summed E-state index contributed by atoms with van der Waals surface area (Å²) in [5.41, 5.74) is 0.561. The van der Waals surface area contributed by atoms with E-state index in [2.05, 4.69) is 15.6 Å². The zero-order valence-electron chi connectivity index (χ0n) is 10.5. The molecule has 1 aromatic carbocycles. The van der Waals surface area contributed by atoms with Crippen LogP contribution in [0.3, 0.4) is 0 Å². The van der Waals surface area contributed by atoms with Crippen molar-refractivity contribution in [1.82, 2.24) is 20.3 Å². The first-order valence-electron chi connectivity index (χ1n) is 6.23. The van der Waals surface area contributed by atoms with Gasteiger partial charge in [-0.3, -0.25) is 4.79 Å². The fourth-order valence-electron chi connectivity index (χ4n) is 1.97. The molecule has 1 saturated heterocycles. The zero-order chi connectivity index (χ0) is 14.1. The minimum absolute atomic E-state index is 0.0510.